The Balaban J connectivity index is 1.92. The lowest BCUT2D eigenvalue weighted by Crippen LogP contribution is -2.56. The quantitative estimate of drug-likeness (QED) is 0.342. The Kier molecular flexibility index (Phi) is 9.35. The Labute approximate surface area is 209 Å². The van der Waals surface area contributed by atoms with Crippen LogP contribution in [0.2, 0.25) is 0 Å². The summed E-state index contributed by atoms with van der Waals surface area (Å²) in [5, 5.41) is 48.7. The number of aliphatic hydroxyl groups excluding tert-OH is 4. The lowest BCUT2D eigenvalue weighted by atomic mass is 9.97. The van der Waals surface area contributed by atoms with E-state index in [1.54, 1.807) is 20.9 Å². The van der Waals surface area contributed by atoms with Gasteiger partial charge in [0.05, 0.1) is 18.9 Å². The number of nitrogens with zero attached hydrogens (tertiary/aromatic N) is 4. The van der Waals surface area contributed by atoms with Crippen LogP contribution in [0.4, 0.5) is 13.2 Å². The number of ether oxygens (including phenoxy) is 1. The summed E-state index contributed by atoms with van der Waals surface area (Å²) in [4.78, 5) is 14.3. The molecule has 200 valence electrons. The summed E-state index contributed by atoms with van der Waals surface area (Å²) in [6.07, 6.45) is -3.80. The molecule has 0 unspecified atom stereocenters. The maximum absolute atomic E-state index is 13.7. The number of carbonyl (C=O) groups excluding carboxylic acids is 1. The highest BCUT2D eigenvalue weighted by molar-refractivity contribution is 8.01. The molecule has 1 aromatic carbocycles. The number of amides is 1. The van der Waals surface area contributed by atoms with Gasteiger partial charge in [-0.25, -0.2) is 17.9 Å². The van der Waals surface area contributed by atoms with Gasteiger partial charge in [-0.2, -0.15) is 0 Å². The van der Waals surface area contributed by atoms with Crippen molar-refractivity contribution in [2.45, 2.75) is 61.4 Å². The van der Waals surface area contributed by atoms with Gasteiger partial charge in [-0.05, 0) is 25.5 Å². The first-order valence-electron chi connectivity index (χ1n) is 11.3. The molecule has 0 radical (unpaired) electrons. The summed E-state index contributed by atoms with van der Waals surface area (Å²) in [6, 6.07) is 0.208. The summed E-state index contributed by atoms with van der Waals surface area (Å²) in [7, 11) is 1.57. The van der Waals surface area contributed by atoms with Crippen LogP contribution in [0.25, 0.3) is 11.3 Å². The normalized spacial score (nSPS) is 26.0. The van der Waals surface area contributed by atoms with Crippen LogP contribution in [0, 0.1) is 17.5 Å². The molecule has 3 rings (SSSR count). The Bertz CT molecular complexity index is 1040. The number of aromatic nitrogens is 3. The van der Waals surface area contributed by atoms with Crippen molar-refractivity contribution in [1.29, 1.82) is 0 Å². The molecule has 1 aliphatic rings. The molecule has 1 aromatic heterocycles. The molecule has 14 heteroatoms. The summed E-state index contributed by atoms with van der Waals surface area (Å²) < 4.78 is 47.4. The maximum atomic E-state index is 13.7. The van der Waals surface area contributed by atoms with Gasteiger partial charge in [0.15, 0.2) is 17.5 Å². The minimum atomic E-state index is -1.64. The first-order valence-corrected chi connectivity index (χ1v) is 12.3. The van der Waals surface area contributed by atoms with Gasteiger partial charge in [0.2, 0.25) is 5.91 Å². The first kappa shape index (κ1) is 28.3. The van der Waals surface area contributed by atoms with Crippen molar-refractivity contribution < 1.29 is 43.1 Å². The van der Waals surface area contributed by atoms with Crippen molar-refractivity contribution in [3.05, 3.63) is 35.8 Å². The van der Waals surface area contributed by atoms with Gasteiger partial charge < -0.3 is 30.1 Å². The van der Waals surface area contributed by atoms with E-state index < -0.39 is 65.2 Å². The van der Waals surface area contributed by atoms with Gasteiger partial charge in [-0.3, -0.25) is 4.79 Å². The van der Waals surface area contributed by atoms with Crippen LogP contribution in [-0.2, 0) is 9.53 Å². The van der Waals surface area contributed by atoms with Gasteiger partial charge in [0, 0.05) is 19.2 Å². The second kappa shape index (κ2) is 11.9. The number of rotatable bonds is 9. The molecule has 7 atom stereocenters. The maximum Gasteiger partial charge on any atom is 0.238 e. The van der Waals surface area contributed by atoms with E-state index in [0.717, 1.165) is 28.6 Å². The van der Waals surface area contributed by atoms with Crippen molar-refractivity contribution in [1.82, 2.24) is 19.9 Å². The molecule has 10 nitrogen and oxygen atoms in total. The van der Waals surface area contributed by atoms with Gasteiger partial charge in [0.1, 0.15) is 40.7 Å². The van der Waals surface area contributed by atoms with Crippen LogP contribution < -0.4 is 0 Å². The summed E-state index contributed by atoms with van der Waals surface area (Å²) >= 11 is 0.849. The second-order valence-electron chi connectivity index (χ2n) is 8.42. The molecule has 1 amide bonds. The van der Waals surface area contributed by atoms with Crippen LogP contribution in [0.1, 0.15) is 26.3 Å². The average Bonchev–Trinajstić information content (AvgIpc) is 3.35. The highest BCUT2D eigenvalue weighted by Crippen LogP contribution is 2.38. The number of aliphatic hydroxyl groups is 4. The Morgan fingerprint density at radius 2 is 1.86 bits per heavy atom. The van der Waals surface area contributed by atoms with Crippen LogP contribution >= 0.6 is 11.8 Å². The molecule has 1 saturated heterocycles. The monoisotopic (exact) mass is 534 g/mol. The van der Waals surface area contributed by atoms with E-state index in [1.165, 1.54) is 11.1 Å². The van der Waals surface area contributed by atoms with Crippen molar-refractivity contribution >= 4 is 17.7 Å². The van der Waals surface area contributed by atoms with Crippen molar-refractivity contribution in [3.63, 3.8) is 0 Å². The van der Waals surface area contributed by atoms with Crippen LogP contribution in [-0.4, -0.2) is 102 Å². The zero-order valence-electron chi connectivity index (χ0n) is 19.8. The number of carbonyl (C=O) groups is 1. The molecule has 2 heterocycles. The van der Waals surface area contributed by atoms with E-state index in [1.807, 2.05) is 0 Å². The molecule has 0 saturated carbocycles. The molecule has 0 aliphatic carbocycles. The van der Waals surface area contributed by atoms with Crippen molar-refractivity contribution in [3.8, 4) is 11.3 Å². The molecule has 1 aliphatic heterocycles. The summed E-state index contributed by atoms with van der Waals surface area (Å²) in [6.45, 7) is 3.20. The molecule has 0 bridgehead atoms. The minimum absolute atomic E-state index is 0.0672. The molecular weight excluding hydrogens is 505 g/mol. The van der Waals surface area contributed by atoms with Gasteiger partial charge in [-0.1, -0.05) is 12.1 Å². The second-order valence-corrected chi connectivity index (χ2v) is 9.66. The topological polar surface area (TPSA) is 141 Å². The minimum Gasteiger partial charge on any atom is -0.394 e. The molecule has 2 aromatic rings. The smallest absolute Gasteiger partial charge is 0.238 e. The number of halogens is 3. The largest absolute Gasteiger partial charge is 0.394 e. The number of thioether (sulfide) groups is 1. The fourth-order valence-electron chi connectivity index (χ4n) is 3.80. The standard InChI is InChI=1S/C22H29F3N4O6S/c1-4-14(31)20(21(34)28(3)5-2)36-22-19(33)17(18(32)15(9-30)35-22)29-8-13(26-27-29)10-6-11(23)16(25)12(24)7-10/h6-8,14-15,17-20,22,30-33H,4-5,9H2,1-3H3/t14-,15-,17+,18+,19-,20+,22+/m1/s1. The SMILES string of the molecule is CC[C@@H](O)[C@H](S[C@@H]1O[C@H](CO)[C@H](O)[C@H](n2cc(-c3cc(F)c(F)c(F)c3)nn2)[C@H]1O)C(=O)N(C)CC. The lowest BCUT2D eigenvalue weighted by Gasteiger charge is -2.43. The third-order valence-corrected chi connectivity index (χ3v) is 7.55. The predicted molar refractivity (Wildman–Crippen MR) is 123 cm³/mol. The third-order valence-electron chi connectivity index (χ3n) is 6.09. The van der Waals surface area contributed by atoms with Crippen molar-refractivity contribution in [2.24, 2.45) is 0 Å². The molecule has 36 heavy (non-hydrogen) atoms. The predicted octanol–water partition coefficient (Wildman–Crippen LogP) is 0.693. The number of hydrogen-bond donors (Lipinski definition) is 4. The van der Waals surface area contributed by atoms with Crippen LogP contribution in [0.3, 0.4) is 0 Å². The third kappa shape index (κ3) is 5.68. The molecule has 1 fully saturated rings. The van der Waals surface area contributed by atoms with E-state index in [-0.39, 0.29) is 23.6 Å². The first-order chi connectivity index (χ1) is 17.0. The Hall–Kier alpha value is -2.23. The van der Waals surface area contributed by atoms with Gasteiger partial charge in [0.25, 0.3) is 0 Å². The lowest BCUT2D eigenvalue weighted by molar-refractivity contribution is -0.178. The van der Waals surface area contributed by atoms with E-state index in [9.17, 15) is 38.4 Å². The zero-order valence-corrected chi connectivity index (χ0v) is 20.6. The molecule has 4 N–H and O–H groups in total. The molecule has 0 spiro atoms. The zero-order chi connectivity index (χ0) is 26.7. The molecular formula is C22H29F3N4O6S. The van der Waals surface area contributed by atoms with E-state index in [0.29, 0.717) is 6.54 Å². The van der Waals surface area contributed by atoms with Crippen molar-refractivity contribution in [2.75, 3.05) is 20.2 Å². The fraction of sp³-hybridized carbons (Fsp3) is 0.591. The van der Waals surface area contributed by atoms with E-state index in [4.69, 9.17) is 4.74 Å². The average molecular weight is 535 g/mol. The fourth-order valence-corrected chi connectivity index (χ4v) is 5.28. The van der Waals surface area contributed by atoms with Crippen LogP contribution in [0.15, 0.2) is 18.3 Å². The van der Waals surface area contributed by atoms with E-state index in [2.05, 4.69) is 10.3 Å². The van der Waals surface area contributed by atoms with Gasteiger partial charge in [-0.15, -0.1) is 16.9 Å². The highest BCUT2D eigenvalue weighted by atomic mass is 32.2. The van der Waals surface area contributed by atoms with E-state index >= 15 is 0 Å². The Morgan fingerprint density at radius 1 is 1.22 bits per heavy atom. The highest BCUT2D eigenvalue weighted by Gasteiger charge is 2.48. The number of hydrogen-bond acceptors (Lipinski definition) is 9. The van der Waals surface area contributed by atoms with Gasteiger partial charge >= 0.3 is 0 Å². The van der Waals surface area contributed by atoms with Crippen LogP contribution in [0.5, 0.6) is 0 Å². The Morgan fingerprint density at radius 3 is 2.42 bits per heavy atom. The summed E-state index contributed by atoms with van der Waals surface area (Å²) in [5.41, 5.74) is -1.37. The summed E-state index contributed by atoms with van der Waals surface area (Å²) in [5.74, 6) is -4.88. The number of benzene rings is 1.